The van der Waals surface area contributed by atoms with Gasteiger partial charge in [-0.05, 0) is 30.3 Å². The van der Waals surface area contributed by atoms with Crippen LogP contribution in [0.2, 0.25) is 18.1 Å². The number of carbonyl (C=O) groups excluding carboxylic acids is 1. The lowest BCUT2D eigenvalue weighted by molar-refractivity contribution is -0.0460. The highest BCUT2D eigenvalue weighted by molar-refractivity contribution is 6.74. The van der Waals surface area contributed by atoms with Gasteiger partial charge in [-0.15, -0.1) is 0 Å². The molecule has 0 unspecified atom stereocenters. The van der Waals surface area contributed by atoms with Gasteiger partial charge in [-0.25, -0.2) is 15.0 Å². The molecule has 3 atom stereocenters. The van der Waals surface area contributed by atoms with E-state index in [9.17, 15) is 9.90 Å². The Morgan fingerprint density at radius 2 is 2.00 bits per heavy atom. The molecule has 1 aliphatic rings. The van der Waals surface area contributed by atoms with E-state index in [0.717, 1.165) is 0 Å². The lowest BCUT2D eigenvalue weighted by Gasteiger charge is -2.39. The number of nitrogens with zero attached hydrogens (tertiary/aromatic N) is 5. The van der Waals surface area contributed by atoms with E-state index in [-0.39, 0.29) is 29.8 Å². The fourth-order valence-corrected chi connectivity index (χ4v) is 4.88. The molecule has 33 heavy (non-hydrogen) atoms. The maximum Gasteiger partial charge on any atom is 0.256 e. The normalized spacial score (nSPS) is 21.5. The first-order valence-electron chi connectivity index (χ1n) is 10.9. The number of aliphatic hydroxyl groups is 1. The van der Waals surface area contributed by atoms with E-state index < -0.39 is 14.5 Å². The Morgan fingerprint density at radius 1 is 1.27 bits per heavy atom. The summed E-state index contributed by atoms with van der Waals surface area (Å²) in [7, 11) is -2.09. The van der Waals surface area contributed by atoms with Crippen molar-refractivity contribution in [2.24, 2.45) is 0 Å². The van der Waals surface area contributed by atoms with Gasteiger partial charge in [-0.3, -0.25) is 14.3 Å². The van der Waals surface area contributed by atoms with E-state index in [1.165, 1.54) is 6.33 Å². The number of fused-ring (bicyclic) bond motifs is 1. The first kappa shape index (κ1) is 23.4. The van der Waals surface area contributed by atoms with E-state index in [2.05, 4.69) is 59.1 Å². The van der Waals surface area contributed by atoms with Gasteiger partial charge in [0.05, 0.1) is 25.1 Å². The summed E-state index contributed by atoms with van der Waals surface area (Å²) >= 11 is 0. The predicted octanol–water partition coefficient (Wildman–Crippen LogP) is 3.14. The van der Waals surface area contributed by atoms with Crippen molar-refractivity contribution in [1.82, 2.24) is 24.5 Å². The van der Waals surface area contributed by atoms with E-state index in [1.807, 2.05) is 0 Å². The molecule has 1 saturated heterocycles. The first-order chi connectivity index (χ1) is 15.6. The quantitative estimate of drug-likeness (QED) is 0.527. The van der Waals surface area contributed by atoms with Crippen LogP contribution in [-0.2, 0) is 9.16 Å². The van der Waals surface area contributed by atoms with Crippen molar-refractivity contribution in [3.8, 4) is 0 Å². The number of imidazole rings is 1. The Labute approximate surface area is 193 Å². The van der Waals surface area contributed by atoms with Gasteiger partial charge in [0.2, 0.25) is 0 Å². The minimum atomic E-state index is -2.09. The van der Waals surface area contributed by atoms with Gasteiger partial charge >= 0.3 is 0 Å². The molecule has 2 N–H and O–H groups in total. The van der Waals surface area contributed by atoms with E-state index in [1.54, 1.807) is 35.4 Å². The average molecular weight is 471 g/mol. The molecule has 0 spiro atoms. The van der Waals surface area contributed by atoms with Crippen LogP contribution in [0.3, 0.4) is 0 Å². The Morgan fingerprint density at radius 3 is 2.67 bits per heavy atom. The number of aromatic nitrogens is 5. The van der Waals surface area contributed by atoms with Crippen LogP contribution in [0.25, 0.3) is 11.2 Å². The van der Waals surface area contributed by atoms with Crippen LogP contribution >= 0.6 is 0 Å². The summed E-state index contributed by atoms with van der Waals surface area (Å²) in [4.78, 5) is 29.6. The zero-order valence-corrected chi connectivity index (χ0v) is 20.5. The molecule has 4 heterocycles. The summed E-state index contributed by atoms with van der Waals surface area (Å²) in [5, 5.41) is 12.6. The molecule has 0 saturated carbocycles. The minimum absolute atomic E-state index is 0.0262. The lowest BCUT2D eigenvalue weighted by Crippen LogP contribution is -2.45. The van der Waals surface area contributed by atoms with Crippen molar-refractivity contribution in [1.29, 1.82) is 0 Å². The molecule has 0 aromatic carbocycles. The van der Waals surface area contributed by atoms with Crippen LogP contribution in [0.5, 0.6) is 0 Å². The zero-order valence-electron chi connectivity index (χ0n) is 19.5. The fraction of sp³-hybridized carbons (Fsp3) is 0.500. The Hall–Kier alpha value is -2.73. The van der Waals surface area contributed by atoms with Gasteiger partial charge in [-0.2, -0.15) is 0 Å². The van der Waals surface area contributed by atoms with Gasteiger partial charge in [0.15, 0.2) is 31.5 Å². The minimum Gasteiger partial charge on any atom is -0.409 e. The number of ether oxygens (including phenoxy) is 1. The molecule has 176 valence electrons. The topological polar surface area (TPSA) is 124 Å². The lowest BCUT2D eigenvalue weighted by atomic mass is 10.2. The molecule has 1 fully saturated rings. The molecule has 4 rings (SSSR count). The summed E-state index contributed by atoms with van der Waals surface area (Å²) in [5.74, 6) is -0.0114. The zero-order chi connectivity index (χ0) is 23.8. The molecule has 3 aromatic rings. The molecule has 3 aromatic heterocycles. The van der Waals surface area contributed by atoms with Gasteiger partial charge in [-0.1, -0.05) is 20.8 Å². The summed E-state index contributed by atoms with van der Waals surface area (Å²) in [5.41, 5.74) is 1.42. The number of pyridine rings is 1. The molecule has 0 radical (unpaired) electrons. The highest BCUT2D eigenvalue weighted by atomic mass is 28.4. The monoisotopic (exact) mass is 470 g/mol. The van der Waals surface area contributed by atoms with E-state index >= 15 is 0 Å². The predicted molar refractivity (Wildman–Crippen MR) is 125 cm³/mol. The Bertz CT molecular complexity index is 1130. The third kappa shape index (κ3) is 4.67. The molecular formula is C22H30N6O4Si. The van der Waals surface area contributed by atoms with Crippen molar-refractivity contribution in [3.05, 3.63) is 42.7 Å². The van der Waals surface area contributed by atoms with E-state index in [4.69, 9.17) is 9.16 Å². The third-order valence-corrected chi connectivity index (χ3v) is 10.9. The van der Waals surface area contributed by atoms with Gasteiger partial charge in [0, 0.05) is 24.4 Å². The summed E-state index contributed by atoms with van der Waals surface area (Å²) in [6, 6.07) is 3.24. The number of amides is 1. The number of hydrogen-bond acceptors (Lipinski definition) is 8. The van der Waals surface area contributed by atoms with Crippen molar-refractivity contribution in [3.63, 3.8) is 0 Å². The molecule has 1 aliphatic heterocycles. The van der Waals surface area contributed by atoms with Crippen LogP contribution in [0.15, 0.2) is 37.2 Å². The SMILES string of the molecule is CC(C)(C)[Si](C)(C)O[C@H]1C[C@@H](CO)O[C@H]1n1cnc2c(NC(=O)c3ccncc3)ncnc21. The van der Waals surface area contributed by atoms with Crippen LogP contribution in [-0.4, -0.2) is 62.6 Å². The number of anilines is 1. The number of hydrogen-bond donors (Lipinski definition) is 2. The first-order valence-corrected chi connectivity index (χ1v) is 13.8. The van der Waals surface area contributed by atoms with E-state index in [0.29, 0.717) is 29.0 Å². The molecule has 0 bridgehead atoms. The van der Waals surface area contributed by atoms with Crippen LogP contribution < -0.4 is 5.32 Å². The second-order valence-electron chi connectivity index (χ2n) is 9.72. The van der Waals surface area contributed by atoms with Gasteiger partial charge < -0.3 is 19.6 Å². The van der Waals surface area contributed by atoms with Crippen molar-refractivity contribution in [2.45, 2.75) is 63.8 Å². The van der Waals surface area contributed by atoms with Crippen LogP contribution in [0.4, 0.5) is 5.82 Å². The standard InChI is InChI=1S/C22H30N6O4Si/c1-22(2,3)33(4,5)32-16-10-15(11-29)31-21(16)28-13-26-17-18(24-12-25-19(17)28)27-20(30)14-6-8-23-9-7-14/h6-9,12-13,15-16,21,29H,10-11H2,1-5H3,(H,24,25,27,30)/t15-,16-,21+/m0/s1. The molecule has 11 heteroatoms. The van der Waals surface area contributed by atoms with Crippen LogP contribution in [0.1, 0.15) is 43.8 Å². The second kappa shape index (κ2) is 8.90. The maximum absolute atomic E-state index is 12.6. The van der Waals surface area contributed by atoms with Gasteiger partial charge in [0.25, 0.3) is 5.91 Å². The van der Waals surface area contributed by atoms with Crippen molar-refractivity contribution < 1.29 is 19.1 Å². The number of aliphatic hydroxyl groups excluding tert-OH is 1. The van der Waals surface area contributed by atoms with Crippen LogP contribution in [0, 0.1) is 0 Å². The van der Waals surface area contributed by atoms with Gasteiger partial charge in [0.1, 0.15) is 6.33 Å². The van der Waals surface area contributed by atoms with Crippen molar-refractivity contribution >= 4 is 31.2 Å². The average Bonchev–Trinajstić information content (AvgIpc) is 3.37. The smallest absolute Gasteiger partial charge is 0.256 e. The highest BCUT2D eigenvalue weighted by Crippen LogP contribution is 2.42. The molecule has 10 nitrogen and oxygen atoms in total. The highest BCUT2D eigenvalue weighted by Gasteiger charge is 2.45. The largest absolute Gasteiger partial charge is 0.409 e. The molecular weight excluding hydrogens is 440 g/mol. The number of carbonyl (C=O) groups is 1. The van der Waals surface area contributed by atoms with Crippen molar-refractivity contribution in [2.75, 3.05) is 11.9 Å². The molecule has 0 aliphatic carbocycles. The number of rotatable bonds is 6. The second-order valence-corrected chi connectivity index (χ2v) is 14.5. The Kier molecular flexibility index (Phi) is 6.32. The third-order valence-electron chi connectivity index (χ3n) is 6.41. The molecule has 1 amide bonds. The summed E-state index contributed by atoms with van der Waals surface area (Å²) in [6.07, 6.45) is 5.58. The number of nitrogens with one attached hydrogen (secondary N) is 1. The maximum atomic E-state index is 12.6. The summed E-state index contributed by atoms with van der Waals surface area (Å²) < 4.78 is 14.6. The summed E-state index contributed by atoms with van der Waals surface area (Å²) in [6.45, 7) is 10.8. The fourth-order valence-electron chi connectivity index (χ4n) is 3.55. The Balaban J connectivity index is 1.64.